The molecule has 0 saturated carbocycles. The van der Waals surface area contributed by atoms with E-state index in [4.69, 9.17) is 5.11 Å². The number of nitro groups is 1. The van der Waals surface area contributed by atoms with Crippen molar-refractivity contribution in [2.24, 2.45) is 0 Å². The van der Waals surface area contributed by atoms with Crippen LogP contribution in [-0.4, -0.2) is 31.6 Å². The molecule has 0 aliphatic carbocycles. The van der Waals surface area contributed by atoms with E-state index in [1.807, 2.05) is 0 Å². The normalized spacial score (nSPS) is 12.2. The van der Waals surface area contributed by atoms with Gasteiger partial charge in [-0.3, -0.25) is 9.36 Å². The lowest BCUT2D eigenvalue weighted by atomic mass is 10.3. The SMILES string of the molecule is CCn1c(C)nc([N+](=O)[O-])c1N[C@H](C)C(=O)O. The molecule has 0 saturated heterocycles. The van der Waals surface area contributed by atoms with Gasteiger partial charge in [0.05, 0.1) is 0 Å². The smallest absolute Gasteiger partial charge is 0.406 e. The third kappa shape index (κ3) is 2.52. The molecule has 0 fully saturated rings. The van der Waals surface area contributed by atoms with E-state index in [0.29, 0.717) is 12.4 Å². The van der Waals surface area contributed by atoms with Crippen LogP contribution in [0.25, 0.3) is 0 Å². The van der Waals surface area contributed by atoms with Crippen molar-refractivity contribution >= 4 is 17.6 Å². The summed E-state index contributed by atoms with van der Waals surface area (Å²) in [6.07, 6.45) is 0. The number of aliphatic carboxylic acids is 1. The number of carbonyl (C=O) groups is 1. The summed E-state index contributed by atoms with van der Waals surface area (Å²) in [4.78, 5) is 24.7. The summed E-state index contributed by atoms with van der Waals surface area (Å²) in [6.45, 7) is 5.32. The Morgan fingerprint density at radius 1 is 1.71 bits per heavy atom. The third-order valence-electron chi connectivity index (χ3n) is 2.35. The molecule has 0 aliphatic heterocycles. The molecule has 0 unspecified atom stereocenters. The summed E-state index contributed by atoms with van der Waals surface area (Å²) >= 11 is 0. The van der Waals surface area contributed by atoms with Gasteiger partial charge < -0.3 is 20.5 Å². The minimum absolute atomic E-state index is 0.130. The molecule has 1 heterocycles. The van der Waals surface area contributed by atoms with Crippen LogP contribution in [0.15, 0.2) is 0 Å². The van der Waals surface area contributed by atoms with Gasteiger partial charge in [-0.05, 0) is 23.8 Å². The maximum Gasteiger partial charge on any atom is 0.406 e. The van der Waals surface area contributed by atoms with Crippen LogP contribution in [-0.2, 0) is 11.3 Å². The van der Waals surface area contributed by atoms with Crippen LogP contribution >= 0.6 is 0 Å². The van der Waals surface area contributed by atoms with Gasteiger partial charge in [0.15, 0.2) is 0 Å². The van der Waals surface area contributed by atoms with E-state index in [0.717, 1.165) is 0 Å². The number of hydrogen-bond donors (Lipinski definition) is 2. The zero-order valence-electron chi connectivity index (χ0n) is 9.80. The first-order chi connectivity index (χ1) is 7.88. The standard InChI is InChI=1S/C9H14N4O4/c1-4-12-6(3)11-8(13(16)17)7(12)10-5(2)9(14)15/h5,10H,4H2,1-3H3,(H,14,15)/t5-/m1/s1. The third-order valence-corrected chi connectivity index (χ3v) is 2.35. The summed E-state index contributed by atoms with van der Waals surface area (Å²) in [6, 6.07) is -0.921. The summed E-state index contributed by atoms with van der Waals surface area (Å²) in [5.41, 5.74) is 0. The molecule has 2 N–H and O–H groups in total. The van der Waals surface area contributed by atoms with Crippen LogP contribution in [0.1, 0.15) is 19.7 Å². The first-order valence-electron chi connectivity index (χ1n) is 5.09. The first kappa shape index (κ1) is 12.9. The van der Waals surface area contributed by atoms with Crippen molar-refractivity contribution in [2.45, 2.75) is 33.4 Å². The lowest BCUT2D eigenvalue weighted by Crippen LogP contribution is -2.27. The topological polar surface area (TPSA) is 110 Å². The van der Waals surface area contributed by atoms with Crippen molar-refractivity contribution < 1.29 is 14.8 Å². The van der Waals surface area contributed by atoms with Gasteiger partial charge in [-0.25, -0.2) is 0 Å². The van der Waals surface area contributed by atoms with Crippen LogP contribution in [0.5, 0.6) is 0 Å². The minimum atomic E-state index is -1.08. The number of rotatable bonds is 5. The molecule has 0 bridgehead atoms. The number of anilines is 1. The Morgan fingerprint density at radius 3 is 2.71 bits per heavy atom. The van der Waals surface area contributed by atoms with Gasteiger partial charge in [0.1, 0.15) is 6.04 Å². The molecule has 94 valence electrons. The highest BCUT2D eigenvalue weighted by Crippen LogP contribution is 2.25. The second-order valence-electron chi connectivity index (χ2n) is 3.54. The Hall–Kier alpha value is -2.12. The van der Waals surface area contributed by atoms with Crippen molar-refractivity contribution in [1.29, 1.82) is 0 Å². The van der Waals surface area contributed by atoms with Crippen LogP contribution < -0.4 is 5.32 Å². The number of hydrogen-bond acceptors (Lipinski definition) is 5. The largest absolute Gasteiger partial charge is 0.480 e. The zero-order chi connectivity index (χ0) is 13.2. The quantitative estimate of drug-likeness (QED) is 0.588. The van der Waals surface area contributed by atoms with Crippen LogP contribution in [0.3, 0.4) is 0 Å². The van der Waals surface area contributed by atoms with E-state index in [9.17, 15) is 14.9 Å². The monoisotopic (exact) mass is 242 g/mol. The molecule has 8 nitrogen and oxygen atoms in total. The van der Waals surface area contributed by atoms with Gasteiger partial charge in [0.25, 0.3) is 0 Å². The fourth-order valence-corrected chi connectivity index (χ4v) is 1.47. The van der Waals surface area contributed by atoms with E-state index in [2.05, 4.69) is 10.3 Å². The lowest BCUT2D eigenvalue weighted by molar-refractivity contribution is -0.388. The van der Waals surface area contributed by atoms with Gasteiger partial charge in [-0.2, -0.15) is 0 Å². The second-order valence-corrected chi connectivity index (χ2v) is 3.54. The predicted molar refractivity (Wildman–Crippen MR) is 60.0 cm³/mol. The summed E-state index contributed by atoms with van der Waals surface area (Å²) < 4.78 is 1.57. The molecule has 17 heavy (non-hydrogen) atoms. The summed E-state index contributed by atoms with van der Waals surface area (Å²) in [7, 11) is 0. The molecule has 0 amide bonds. The molecule has 1 aromatic rings. The average Bonchev–Trinajstić information content (AvgIpc) is 2.54. The highest BCUT2D eigenvalue weighted by molar-refractivity contribution is 5.77. The van der Waals surface area contributed by atoms with E-state index >= 15 is 0 Å². The molecule has 1 aromatic heterocycles. The van der Waals surface area contributed by atoms with E-state index in [1.165, 1.54) is 6.92 Å². The van der Waals surface area contributed by atoms with Crippen molar-refractivity contribution in [3.05, 3.63) is 15.9 Å². The Bertz CT molecular complexity index is 454. The number of carboxylic acids is 1. The maximum absolute atomic E-state index is 10.8. The molecular weight excluding hydrogens is 228 g/mol. The van der Waals surface area contributed by atoms with Gasteiger partial charge >= 0.3 is 11.8 Å². The van der Waals surface area contributed by atoms with E-state index in [1.54, 1.807) is 18.4 Å². The summed E-state index contributed by atoms with van der Waals surface area (Å²) in [5.74, 6) is -0.831. The average molecular weight is 242 g/mol. The summed E-state index contributed by atoms with van der Waals surface area (Å²) in [5, 5.41) is 22.2. The van der Waals surface area contributed by atoms with Gasteiger partial charge in [-0.15, -0.1) is 0 Å². The Labute approximate surface area is 97.4 Å². The molecule has 1 rings (SSSR count). The molecule has 1 atom stereocenters. The minimum Gasteiger partial charge on any atom is -0.480 e. The van der Waals surface area contributed by atoms with Crippen molar-refractivity contribution in [3.63, 3.8) is 0 Å². The van der Waals surface area contributed by atoms with E-state index in [-0.39, 0.29) is 11.6 Å². The van der Waals surface area contributed by atoms with Crippen molar-refractivity contribution in [3.8, 4) is 0 Å². The molecular formula is C9H14N4O4. The fourth-order valence-electron chi connectivity index (χ4n) is 1.47. The van der Waals surface area contributed by atoms with E-state index < -0.39 is 16.9 Å². The van der Waals surface area contributed by atoms with Gasteiger partial charge in [0, 0.05) is 13.5 Å². The number of carboxylic acid groups (broad SMARTS) is 1. The van der Waals surface area contributed by atoms with Gasteiger partial charge in [0.2, 0.25) is 11.6 Å². The number of nitrogens with zero attached hydrogens (tertiary/aromatic N) is 3. The highest BCUT2D eigenvalue weighted by atomic mass is 16.6. The Balaban J connectivity index is 3.18. The highest BCUT2D eigenvalue weighted by Gasteiger charge is 2.27. The van der Waals surface area contributed by atoms with Crippen molar-refractivity contribution in [1.82, 2.24) is 9.55 Å². The van der Waals surface area contributed by atoms with Crippen LogP contribution in [0.4, 0.5) is 11.6 Å². The molecule has 0 aliphatic rings. The Morgan fingerprint density at radius 2 is 2.29 bits per heavy atom. The molecule has 8 heteroatoms. The number of imidazole rings is 1. The Kier molecular flexibility index (Phi) is 3.66. The maximum atomic E-state index is 10.8. The molecule has 0 radical (unpaired) electrons. The number of nitrogens with one attached hydrogen (secondary N) is 1. The fraction of sp³-hybridized carbons (Fsp3) is 0.556. The lowest BCUT2D eigenvalue weighted by Gasteiger charge is -2.11. The first-order valence-corrected chi connectivity index (χ1v) is 5.09. The van der Waals surface area contributed by atoms with Crippen LogP contribution in [0.2, 0.25) is 0 Å². The number of aromatic nitrogens is 2. The molecule has 0 aromatic carbocycles. The predicted octanol–water partition coefficient (Wildman–Crippen LogP) is 1.00. The van der Waals surface area contributed by atoms with Crippen LogP contribution in [0, 0.1) is 17.0 Å². The molecule has 0 spiro atoms. The zero-order valence-corrected chi connectivity index (χ0v) is 9.80. The van der Waals surface area contributed by atoms with Gasteiger partial charge in [-0.1, -0.05) is 0 Å². The van der Waals surface area contributed by atoms with Crippen molar-refractivity contribution in [2.75, 3.05) is 5.32 Å². The number of aryl methyl sites for hydroxylation is 1. The second kappa shape index (κ2) is 4.81.